The Labute approximate surface area is 84.3 Å². The van der Waals surface area contributed by atoms with Gasteiger partial charge < -0.3 is 9.84 Å². The van der Waals surface area contributed by atoms with Crippen LogP contribution in [0.3, 0.4) is 0 Å². The van der Waals surface area contributed by atoms with Crippen molar-refractivity contribution in [3.05, 3.63) is 15.9 Å². The molecule has 1 aromatic heterocycles. The van der Waals surface area contributed by atoms with Crippen LogP contribution in [0.5, 0.6) is 11.5 Å². The van der Waals surface area contributed by atoms with Crippen molar-refractivity contribution in [3.63, 3.8) is 0 Å². The first kappa shape index (κ1) is 9.90. The molecule has 1 heterocycles. The van der Waals surface area contributed by atoms with E-state index >= 15 is 0 Å². The zero-order valence-corrected chi connectivity index (χ0v) is 8.02. The Hall–Kier alpha value is -1.18. The smallest absolute Gasteiger partial charge is 0.196 e. The summed E-state index contributed by atoms with van der Waals surface area (Å²) in [7, 11) is 1.30. The van der Waals surface area contributed by atoms with Crippen LogP contribution in [-0.4, -0.2) is 17.2 Å². The number of hydrogen-bond acceptors (Lipinski definition) is 4. The molecule has 13 heavy (non-hydrogen) atoms. The molecule has 0 fully saturated rings. The van der Waals surface area contributed by atoms with Crippen LogP contribution in [0.25, 0.3) is 0 Å². The van der Waals surface area contributed by atoms with E-state index in [4.69, 9.17) is 33.2 Å². The monoisotopic (exact) mass is 218 g/mol. The summed E-state index contributed by atoms with van der Waals surface area (Å²) >= 11 is 11.2. The number of nitrogens with zero attached hydrogens (tertiary/aromatic N) is 2. The van der Waals surface area contributed by atoms with E-state index in [-0.39, 0.29) is 21.6 Å². The van der Waals surface area contributed by atoms with Crippen molar-refractivity contribution in [2.24, 2.45) is 0 Å². The standard InChI is InChI=1S/C7H4Cl2N2O2/c1-13-6-4(8)7(9)11-3(2-10)5(6)12/h12H,1H3. The van der Waals surface area contributed by atoms with Crippen LogP contribution >= 0.6 is 23.2 Å². The number of halogens is 2. The summed E-state index contributed by atoms with van der Waals surface area (Å²) in [5.74, 6) is -0.447. The van der Waals surface area contributed by atoms with Gasteiger partial charge in [0, 0.05) is 0 Å². The van der Waals surface area contributed by atoms with Gasteiger partial charge in [0.25, 0.3) is 0 Å². The molecule has 4 nitrogen and oxygen atoms in total. The van der Waals surface area contributed by atoms with Gasteiger partial charge in [-0.05, 0) is 0 Å². The number of aromatic nitrogens is 1. The highest BCUT2D eigenvalue weighted by molar-refractivity contribution is 6.42. The first-order chi connectivity index (χ1) is 6.11. The van der Waals surface area contributed by atoms with Crippen LogP contribution in [0, 0.1) is 11.3 Å². The Morgan fingerprint density at radius 1 is 1.54 bits per heavy atom. The topological polar surface area (TPSA) is 66.1 Å². The highest BCUT2D eigenvalue weighted by Crippen LogP contribution is 2.39. The number of pyridine rings is 1. The van der Waals surface area contributed by atoms with Gasteiger partial charge in [-0.15, -0.1) is 0 Å². The van der Waals surface area contributed by atoms with Crippen molar-refractivity contribution < 1.29 is 9.84 Å². The van der Waals surface area contributed by atoms with Crippen molar-refractivity contribution in [3.8, 4) is 17.6 Å². The Kier molecular flexibility index (Phi) is 2.81. The van der Waals surface area contributed by atoms with E-state index in [9.17, 15) is 5.11 Å². The van der Waals surface area contributed by atoms with Gasteiger partial charge in [-0.3, -0.25) is 0 Å². The lowest BCUT2D eigenvalue weighted by Crippen LogP contribution is -1.92. The number of hydrogen-bond donors (Lipinski definition) is 1. The summed E-state index contributed by atoms with van der Waals surface area (Å²) < 4.78 is 4.74. The van der Waals surface area contributed by atoms with E-state index in [1.54, 1.807) is 6.07 Å². The summed E-state index contributed by atoms with van der Waals surface area (Å²) in [6, 6.07) is 1.65. The van der Waals surface area contributed by atoms with E-state index in [2.05, 4.69) is 4.98 Å². The predicted octanol–water partition coefficient (Wildman–Crippen LogP) is 1.97. The van der Waals surface area contributed by atoms with Crippen LogP contribution in [0.4, 0.5) is 0 Å². The quantitative estimate of drug-likeness (QED) is 0.733. The van der Waals surface area contributed by atoms with Crippen molar-refractivity contribution in [1.82, 2.24) is 4.98 Å². The molecule has 0 aromatic carbocycles. The highest BCUT2D eigenvalue weighted by atomic mass is 35.5. The molecule has 0 radical (unpaired) electrons. The number of rotatable bonds is 1. The molecule has 6 heteroatoms. The van der Waals surface area contributed by atoms with Gasteiger partial charge in [-0.25, -0.2) is 4.98 Å². The Morgan fingerprint density at radius 2 is 2.15 bits per heavy atom. The van der Waals surface area contributed by atoms with Crippen LogP contribution in [0.15, 0.2) is 0 Å². The molecular formula is C7H4Cl2N2O2. The van der Waals surface area contributed by atoms with Gasteiger partial charge in [0.15, 0.2) is 22.3 Å². The second-order valence-corrected chi connectivity index (χ2v) is 2.79. The van der Waals surface area contributed by atoms with Crippen LogP contribution in [0.2, 0.25) is 10.2 Å². The number of nitriles is 1. The van der Waals surface area contributed by atoms with Crippen LogP contribution in [-0.2, 0) is 0 Å². The number of aromatic hydroxyl groups is 1. The SMILES string of the molecule is COc1c(O)c(C#N)nc(Cl)c1Cl. The second kappa shape index (κ2) is 3.69. The largest absolute Gasteiger partial charge is 0.502 e. The summed E-state index contributed by atoms with van der Waals surface area (Å²) in [6.07, 6.45) is 0. The first-order valence-electron chi connectivity index (χ1n) is 3.13. The maximum atomic E-state index is 9.34. The van der Waals surface area contributed by atoms with Gasteiger partial charge in [0.05, 0.1) is 7.11 Å². The maximum Gasteiger partial charge on any atom is 0.196 e. The summed E-state index contributed by atoms with van der Waals surface area (Å²) in [5, 5.41) is 17.8. The molecule has 0 atom stereocenters. The molecule has 0 saturated carbocycles. The molecule has 0 saturated heterocycles. The third-order valence-electron chi connectivity index (χ3n) is 1.34. The van der Waals surface area contributed by atoms with Gasteiger partial charge in [-0.1, -0.05) is 23.2 Å². The Balaban J connectivity index is 3.50. The lowest BCUT2D eigenvalue weighted by molar-refractivity contribution is 0.371. The molecule has 0 unspecified atom stereocenters. The maximum absolute atomic E-state index is 9.34. The van der Waals surface area contributed by atoms with Gasteiger partial charge in [-0.2, -0.15) is 5.26 Å². The molecule has 1 aromatic rings. The Morgan fingerprint density at radius 3 is 2.62 bits per heavy atom. The minimum Gasteiger partial charge on any atom is -0.502 e. The van der Waals surface area contributed by atoms with E-state index < -0.39 is 5.75 Å². The molecule has 0 aliphatic carbocycles. The molecule has 0 bridgehead atoms. The zero-order valence-electron chi connectivity index (χ0n) is 6.51. The average Bonchev–Trinajstić information content (AvgIpc) is 2.12. The fourth-order valence-corrected chi connectivity index (χ4v) is 1.15. The van der Waals surface area contributed by atoms with Crippen molar-refractivity contribution >= 4 is 23.2 Å². The molecule has 0 aliphatic heterocycles. The van der Waals surface area contributed by atoms with E-state index in [0.717, 1.165) is 0 Å². The molecule has 1 N–H and O–H groups in total. The average molecular weight is 219 g/mol. The summed E-state index contributed by atoms with van der Waals surface area (Å²) in [4.78, 5) is 3.54. The van der Waals surface area contributed by atoms with Gasteiger partial charge in [0.1, 0.15) is 11.1 Å². The van der Waals surface area contributed by atoms with Gasteiger partial charge >= 0.3 is 0 Å². The van der Waals surface area contributed by atoms with Crippen molar-refractivity contribution in [2.75, 3.05) is 7.11 Å². The third kappa shape index (κ3) is 1.62. The lowest BCUT2D eigenvalue weighted by atomic mass is 10.3. The molecule has 0 amide bonds. The van der Waals surface area contributed by atoms with E-state index in [1.807, 2.05) is 0 Å². The minimum absolute atomic E-state index is 0.0133. The molecule has 0 spiro atoms. The van der Waals surface area contributed by atoms with Crippen LogP contribution in [0.1, 0.15) is 5.69 Å². The van der Waals surface area contributed by atoms with Crippen LogP contribution < -0.4 is 4.74 Å². The van der Waals surface area contributed by atoms with Crippen molar-refractivity contribution in [2.45, 2.75) is 0 Å². The number of methoxy groups -OCH3 is 1. The second-order valence-electron chi connectivity index (χ2n) is 2.06. The predicted molar refractivity (Wildman–Crippen MR) is 47.2 cm³/mol. The zero-order chi connectivity index (χ0) is 10.0. The molecule has 68 valence electrons. The Bertz CT molecular complexity index is 387. The third-order valence-corrected chi connectivity index (χ3v) is 2.06. The fourth-order valence-electron chi connectivity index (χ4n) is 0.770. The number of ether oxygens (including phenoxy) is 1. The molecule has 0 aliphatic rings. The van der Waals surface area contributed by atoms with E-state index in [1.165, 1.54) is 7.11 Å². The first-order valence-corrected chi connectivity index (χ1v) is 3.89. The summed E-state index contributed by atoms with van der Waals surface area (Å²) in [6.45, 7) is 0. The molecule has 1 rings (SSSR count). The molecular weight excluding hydrogens is 215 g/mol. The van der Waals surface area contributed by atoms with Gasteiger partial charge in [0.2, 0.25) is 0 Å². The minimum atomic E-state index is -0.403. The van der Waals surface area contributed by atoms with Crippen molar-refractivity contribution in [1.29, 1.82) is 5.26 Å². The summed E-state index contributed by atoms with van der Waals surface area (Å²) in [5.41, 5.74) is -0.216. The fraction of sp³-hybridized carbons (Fsp3) is 0.143. The lowest BCUT2D eigenvalue weighted by Gasteiger charge is -2.06. The highest BCUT2D eigenvalue weighted by Gasteiger charge is 2.17. The van der Waals surface area contributed by atoms with E-state index in [0.29, 0.717) is 0 Å². The normalized spacial score (nSPS) is 9.38.